The largest absolute Gasteiger partial charge is 0.399 e. The third-order valence-corrected chi connectivity index (χ3v) is 5.25. The van der Waals surface area contributed by atoms with Gasteiger partial charge in [0, 0.05) is 11.7 Å². The van der Waals surface area contributed by atoms with E-state index in [1.54, 1.807) is 0 Å². The van der Waals surface area contributed by atoms with Crippen molar-refractivity contribution < 1.29 is 13.5 Å². The summed E-state index contributed by atoms with van der Waals surface area (Å²) in [5, 5.41) is 9.89. The summed E-state index contributed by atoms with van der Waals surface area (Å²) in [5.74, 6) is 0. The van der Waals surface area contributed by atoms with Gasteiger partial charge in [-0.2, -0.15) is 0 Å². The van der Waals surface area contributed by atoms with Crippen LogP contribution in [0.5, 0.6) is 0 Å². The Kier molecular flexibility index (Phi) is 4.35. The first-order chi connectivity index (χ1) is 8.90. The molecule has 1 saturated carbocycles. The molecule has 5 nitrogen and oxygen atoms in total. The van der Waals surface area contributed by atoms with Crippen LogP contribution in [0.1, 0.15) is 25.7 Å². The molecule has 0 aromatic heterocycles. The lowest BCUT2D eigenvalue weighted by Gasteiger charge is -2.28. The third-order valence-electron chi connectivity index (χ3n) is 3.28. The van der Waals surface area contributed by atoms with Crippen LogP contribution >= 0.6 is 11.6 Å². The fourth-order valence-corrected chi connectivity index (χ4v) is 4.10. The molecular formula is C12H17ClN2O3S. The molecule has 0 aliphatic heterocycles. The topological polar surface area (TPSA) is 92.4 Å². The predicted molar refractivity (Wildman–Crippen MR) is 74.4 cm³/mol. The zero-order valence-electron chi connectivity index (χ0n) is 10.3. The second-order valence-corrected chi connectivity index (χ2v) is 6.86. The molecule has 0 spiro atoms. The van der Waals surface area contributed by atoms with Crippen molar-refractivity contribution in [3.05, 3.63) is 23.2 Å². The Morgan fingerprint density at radius 2 is 2.00 bits per heavy atom. The summed E-state index contributed by atoms with van der Waals surface area (Å²) in [7, 11) is -3.74. The summed E-state index contributed by atoms with van der Waals surface area (Å²) in [6, 6.07) is 3.80. The second kappa shape index (κ2) is 5.66. The molecule has 4 N–H and O–H groups in total. The van der Waals surface area contributed by atoms with Crippen LogP contribution in [0, 0.1) is 0 Å². The number of rotatable bonds is 3. The van der Waals surface area contributed by atoms with E-state index in [1.165, 1.54) is 18.2 Å². The van der Waals surface area contributed by atoms with Gasteiger partial charge in [-0.25, -0.2) is 13.1 Å². The predicted octanol–water partition coefficient (Wildman–Crippen LogP) is 1.50. The van der Waals surface area contributed by atoms with Crippen molar-refractivity contribution in [2.75, 3.05) is 5.73 Å². The number of nitrogen functional groups attached to an aromatic ring is 1. The minimum absolute atomic E-state index is 0.0128. The van der Waals surface area contributed by atoms with Crippen molar-refractivity contribution in [1.82, 2.24) is 4.72 Å². The van der Waals surface area contributed by atoms with E-state index in [4.69, 9.17) is 17.3 Å². The first-order valence-electron chi connectivity index (χ1n) is 6.15. The van der Waals surface area contributed by atoms with Crippen LogP contribution < -0.4 is 10.5 Å². The number of anilines is 1. The minimum atomic E-state index is -3.74. The van der Waals surface area contributed by atoms with Crippen molar-refractivity contribution in [2.45, 2.75) is 42.7 Å². The Morgan fingerprint density at radius 1 is 1.32 bits per heavy atom. The highest BCUT2D eigenvalue weighted by Gasteiger charge is 2.29. The van der Waals surface area contributed by atoms with Crippen molar-refractivity contribution in [1.29, 1.82) is 0 Å². The van der Waals surface area contributed by atoms with Gasteiger partial charge in [-0.3, -0.25) is 0 Å². The van der Waals surface area contributed by atoms with E-state index >= 15 is 0 Å². The molecule has 106 valence electrons. The molecule has 0 bridgehead atoms. The van der Waals surface area contributed by atoms with Gasteiger partial charge in [0.2, 0.25) is 10.0 Å². The summed E-state index contributed by atoms with van der Waals surface area (Å²) in [6.45, 7) is 0. The zero-order valence-corrected chi connectivity index (χ0v) is 11.9. The van der Waals surface area contributed by atoms with Gasteiger partial charge in [-0.05, 0) is 31.0 Å². The highest BCUT2D eigenvalue weighted by Crippen LogP contribution is 2.26. The Hall–Kier alpha value is -0.820. The van der Waals surface area contributed by atoms with Crippen LogP contribution in [0.2, 0.25) is 5.02 Å². The van der Waals surface area contributed by atoms with E-state index in [1.807, 2.05) is 0 Å². The van der Waals surface area contributed by atoms with Crippen LogP contribution in [0.4, 0.5) is 5.69 Å². The van der Waals surface area contributed by atoms with Gasteiger partial charge in [-0.1, -0.05) is 24.4 Å². The number of hydrogen-bond acceptors (Lipinski definition) is 4. The fraction of sp³-hybridized carbons (Fsp3) is 0.500. The molecule has 2 atom stereocenters. The lowest BCUT2D eigenvalue weighted by Crippen LogP contribution is -2.45. The summed E-state index contributed by atoms with van der Waals surface area (Å²) in [6.07, 6.45) is 2.42. The number of sulfonamides is 1. The molecule has 1 aromatic carbocycles. The average Bonchev–Trinajstić information content (AvgIpc) is 2.31. The van der Waals surface area contributed by atoms with E-state index in [2.05, 4.69) is 4.72 Å². The van der Waals surface area contributed by atoms with Gasteiger partial charge in [0.05, 0.1) is 11.1 Å². The lowest BCUT2D eigenvalue weighted by molar-refractivity contribution is 0.101. The first kappa shape index (κ1) is 14.6. The number of aliphatic hydroxyl groups is 1. The first-order valence-corrected chi connectivity index (χ1v) is 8.02. The van der Waals surface area contributed by atoms with E-state index in [-0.39, 0.29) is 9.92 Å². The standard InChI is InChI=1S/C12H17ClN2O3S/c13-9-7-8(14)5-6-12(9)19(17,18)15-10-3-1-2-4-11(10)16/h5-7,10-11,15-16H,1-4,14H2/t10-,11-/m0/s1. The van der Waals surface area contributed by atoms with E-state index in [9.17, 15) is 13.5 Å². The third kappa shape index (κ3) is 3.39. The van der Waals surface area contributed by atoms with Crippen molar-refractivity contribution >= 4 is 27.3 Å². The number of nitrogens with two attached hydrogens (primary N) is 1. The zero-order chi connectivity index (χ0) is 14.0. The van der Waals surface area contributed by atoms with Crippen molar-refractivity contribution in [2.24, 2.45) is 0 Å². The van der Waals surface area contributed by atoms with Crippen LogP contribution in [0.15, 0.2) is 23.1 Å². The molecule has 19 heavy (non-hydrogen) atoms. The molecule has 0 radical (unpaired) electrons. The van der Waals surface area contributed by atoms with Crippen LogP contribution in [0.3, 0.4) is 0 Å². The van der Waals surface area contributed by atoms with Gasteiger partial charge >= 0.3 is 0 Å². The molecule has 0 saturated heterocycles. The Balaban J connectivity index is 2.22. The van der Waals surface area contributed by atoms with E-state index in [0.717, 1.165) is 12.8 Å². The van der Waals surface area contributed by atoms with Gasteiger partial charge in [0.1, 0.15) is 4.90 Å². The molecule has 2 rings (SSSR count). The second-order valence-electron chi connectivity index (χ2n) is 4.77. The molecular weight excluding hydrogens is 288 g/mol. The van der Waals surface area contributed by atoms with Gasteiger partial charge in [-0.15, -0.1) is 0 Å². The van der Waals surface area contributed by atoms with Gasteiger partial charge in [0.25, 0.3) is 0 Å². The molecule has 1 aliphatic carbocycles. The molecule has 7 heteroatoms. The smallest absolute Gasteiger partial charge is 0.242 e. The minimum Gasteiger partial charge on any atom is -0.399 e. The summed E-state index contributed by atoms with van der Waals surface area (Å²) in [4.78, 5) is -0.0128. The lowest BCUT2D eigenvalue weighted by atomic mass is 9.93. The van der Waals surface area contributed by atoms with Gasteiger partial charge < -0.3 is 10.8 Å². The van der Waals surface area contributed by atoms with Gasteiger partial charge in [0.15, 0.2) is 0 Å². The molecule has 1 aromatic rings. The Morgan fingerprint density at radius 3 is 2.63 bits per heavy atom. The normalized spacial score (nSPS) is 24.3. The van der Waals surface area contributed by atoms with Crippen LogP contribution in [0.25, 0.3) is 0 Å². The van der Waals surface area contributed by atoms with E-state index in [0.29, 0.717) is 18.5 Å². The summed E-state index contributed by atoms with van der Waals surface area (Å²) < 4.78 is 27.0. The number of benzene rings is 1. The summed E-state index contributed by atoms with van der Waals surface area (Å²) >= 11 is 5.91. The quantitative estimate of drug-likeness (QED) is 0.738. The molecule has 0 unspecified atom stereocenters. The Labute approximate surface area is 117 Å². The number of nitrogens with one attached hydrogen (secondary N) is 1. The van der Waals surface area contributed by atoms with Crippen LogP contribution in [-0.2, 0) is 10.0 Å². The SMILES string of the molecule is Nc1ccc(S(=O)(=O)N[C@H]2CCCC[C@@H]2O)c(Cl)c1. The number of hydrogen-bond donors (Lipinski definition) is 3. The molecule has 1 fully saturated rings. The average molecular weight is 305 g/mol. The Bertz CT molecular complexity index is 562. The highest BCUT2D eigenvalue weighted by atomic mass is 35.5. The molecule has 0 heterocycles. The van der Waals surface area contributed by atoms with Crippen molar-refractivity contribution in [3.63, 3.8) is 0 Å². The monoisotopic (exact) mass is 304 g/mol. The van der Waals surface area contributed by atoms with Crippen LogP contribution in [-0.4, -0.2) is 25.7 Å². The maximum absolute atomic E-state index is 12.2. The maximum atomic E-state index is 12.2. The van der Waals surface area contributed by atoms with E-state index < -0.39 is 22.2 Å². The highest BCUT2D eigenvalue weighted by molar-refractivity contribution is 7.89. The number of halogens is 1. The maximum Gasteiger partial charge on any atom is 0.242 e. The molecule has 0 amide bonds. The summed E-state index contributed by atoms with van der Waals surface area (Å²) in [5.41, 5.74) is 5.94. The fourth-order valence-electron chi connectivity index (χ4n) is 2.25. The van der Waals surface area contributed by atoms with Crippen molar-refractivity contribution in [3.8, 4) is 0 Å². The number of aliphatic hydroxyl groups excluding tert-OH is 1. The molecule has 1 aliphatic rings.